The van der Waals surface area contributed by atoms with Crippen molar-refractivity contribution in [1.29, 1.82) is 0 Å². The van der Waals surface area contributed by atoms with Gasteiger partial charge in [-0.2, -0.15) is 0 Å². The molecule has 116 valence electrons. The number of imide groups is 1. The van der Waals surface area contributed by atoms with E-state index in [9.17, 15) is 14.4 Å². The number of carbonyl (C=O) groups is 3. The minimum atomic E-state index is -0.536. The summed E-state index contributed by atoms with van der Waals surface area (Å²) in [6, 6.07) is 9.44. The molecule has 0 atom stereocenters. The van der Waals surface area contributed by atoms with Gasteiger partial charge < -0.3 is 10.3 Å². The first-order valence-electron chi connectivity index (χ1n) is 6.99. The van der Waals surface area contributed by atoms with Crippen molar-refractivity contribution in [3.05, 3.63) is 48.1 Å². The molecule has 0 unspecified atom stereocenters. The number of hydrogen-bond acceptors (Lipinski definition) is 4. The molecule has 7 nitrogen and oxygen atoms in total. The third kappa shape index (κ3) is 2.89. The first-order valence-corrected chi connectivity index (χ1v) is 6.99. The zero-order valence-electron chi connectivity index (χ0n) is 12.4. The van der Waals surface area contributed by atoms with E-state index in [2.05, 4.69) is 15.3 Å². The number of nitrogens with one attached hydrogen (secondary N) is 2. The normalized spacial score (nSPS) is 16.6. The quantitative estimate of drug-likeness (QED) is 0.806. The van der Waals surface area contributed by atoms with Gasteiger partial charge >= 0.3 is 0 Å². The number of rotatable bonds is 2. The maximum atomic E-state index is 12.3. The predicted molar refractivity (Wildman–Crippen MR) is 82.5 cm³/mol. The Morgan fingerprint density at radius 2 is 2.00 bits per heavy atom. The van der Waals surface area contributed by atoms with Crippen LogP contribution in [0.5, 0.6) is 0 Å². The number of piperazine rings is 1. The van der Waals surface area contributed by atoms with E-state index in [-0.39, 0.29) is 12.2 Å². The summed E-state index contributed by atoms with van der Waals surface area (Å²) in [7, 11) is 0. The Morgan fingerprint density at radius 1 is 1.26 bits per heavy atom. The third-order valence-corrected chi connectivity index (χ3v) is 3.44. The number of imidazole rings is 1. The van der Waals surface area contributed by atoms with E-state index in [1.807, 2.05) is 30.3 Å². The second-order valence-electron chi connectivity index (χ2n) is 5.05. The van der Waals surface area contributed by atoms with Crippen molar-refractivity contribution in [1.82, 2.24) is 20.2 Å². The van der Waals surface area contributed by atoms with Gasteiger partial charge in [-0.15, -0.1) is 0 Å². The summed E-state index contributed by atoms with van der Waals surface area (Å²) < 4.78 is 0. The largest absolute Gasteiger partial charge is 0.345 e. The predicted octanol–water partition coefficient (Wildman–Crippen LogP) is 0.922. The van der Waals surface area contributed by atoms with Gasteiger partial charge in [-0.1, -0.05) is 30.3 Å². The highest BCUT2D eigenvalue weighted by Gasteiger charge is 2.30. The Labute approximate surface area is 132 Å². The van der Waals surface area contributed by atoms with Gasteiger partial charge in [0.05, 0.1) is 17.7 Å². The van der Waals surface area contributed by atoms with Gasteiger partial charge in [-0.25, -0.2) is 4.98 Å². The first kappa shape index (κ1) is 14.7. The standard InChI is InChI=1S/C16H14N4O3/c1-10(21)20-8-14(22)19-13(16(20)23)7-12-15(18-9-17-12)11-5-3-2-4-6-11/h2-7,9H,8H2,1H3,(H,17,18)(H,19,22)/b13-7-. The summed E-state index contributed by atoms with van der Waals surface area (Å²) in [5.74, 6) is -1.42. The van der Waals surface area contributed by atoms with Crippen LogP contribution in [-0.2, 0) is 14.4 Å². The fourth-order valence-electron chi connectivity index (χ4n) is 2.34. The van der Waals surface area contributed by atoms with Crippen LogP contribution in [0.4, 0.5) is 0 Å². The lowest BCUT2D eigenvalue weighted by atomic mass is 10.1. The minimum Gasteiger partial charge on any atom is -0.345 e. The molecule has 0 aliphatic carbocycles. The molecule has 3 rings (SSSR count). The van der Waals surface area contributed by atoms with E-state index in [1.165, 1.54) is 19.3 Å². The molecule has 2 heterocycles. The van der Waals surface area contributed by atoms with Crippen molar-refractivity contribution in [3.63, 3.8) is 0 Å². The topological polar surface area (TPSA) is 95.2 Å². The van der Waals surface area contributed by atoms with Crippen molar-refractivity contribution in [2.45, 2.75) is 6.92 Å². The molecule has 0 saturated carbocycles. The van der Waals surface area contributed by atoms with Crippen LogP contribution in [0.2, 0.25) is 0 Å². The van der Waals surface area contributed by atoms with Crippen molar-refractivity contribution in [2.75, 3.05) is 6.54 Å². The van der Waals surface area contributed by atoms with E-state index in [0.29, 0.717) is 11.4 Å². The molecule has 1 aliphatic heterocycles. The number of nitrogens with zero attached hydrogens (tertiary/aromatic N) is 2. The third-order valence-electron chi connectivity index (χ3n) is 3.44. The SMILES string of the molecule is CC(=O)N1CC(=O)N/C(=C\c2[nH]cnc2-c2ccccc2)C1=O. The monoisotopic (exact) mass is 310 g/mol. The molecule has 2 N–H and O–H groups in total. The van der Waals surface area contributed by atoms with Crippen molar-refractivity contribution >= 4 is 23.8 Å². The Bertz CT molecular complexity index is 808. The van der Waals surface area contributed by atoms with Gasteiger partial charge in [0.2, 0.25) is 11.8 Å². The van der Waals surface area contributed by atoms with Gasteiger partial charge in [-0.05, 0) is 6.08 Å². The molecule has 0 radical (unpaired) electrons. The fraction of sp³-hybridized carbons (Fsp3) is 0.125. The van der Waals surface area contributed by atoms with E-state index in [1.54, 1.807) is 0 Å². The fourth-order valence-corrected chi connectivity index (χ4v) is 2.34. The van der Waals surface area contributed by atoms with Crippen LogP contribution >= 0.6 is 0 Å². The molecule has 1 aromatic carbocycles. The highest BCUT2D eigenvalue weighted by Crippen LogP contribution is 2.22. The molecule has 3 amide bonds. The van der Waals surface area contributed by atoms with Crippen molar-refractivity contribution in [2.24, 2.45) is 0 Å². The smallest absolute Gasteiger partial charge is 0.277 e. The minimum absolute atomic E-state index is 0.0397. The van der Waals surface area contributed by atoms with E-state index >= 15 is 0 Å². The number of H-pyrrole nitrogens is 1. The molecule has 1 aromatic heterocycles. The van der Waals surface area contributed by atoms with Crippen LogP contribution < -0.4 is 5.32 Å². The average Bonchev–Trinajstić information content (AvgIpc) is 2.99. The van der Waals surface area contributed by atoms with Gasteiger partial charge in [0.1, 0.15) is 12.2 Å². The van der Waals surface area contributed by atoms with Gasteiger partial charge in [0.25, 0.3) is 5.91 Å². The van der Waals surface area contributed by atoms with E-state index < -0.39 is 17.7 Å². The number of carbonyl (C=O) groups excluding carboxylic acids is 3. The molecule has 1 aliphatic rings. The highest BCUT2D eigenvalue weighted by atomic mass is 16.2. The molecule has 2 aromatic rings. The molecular weight excluding hydrogens is 296 g/mol. The molecule has 23 heavy (non-hydrogen) atoms. The van der Waals surface area contributed by atoms with E-state index in [0.717, 1.165) is 10.5 Å². The van der Waals surface area contributed by atoms with Crippen LogP contribution in [0.3, 0.4) is 0 Å². The molecule has 7 heteroatoms. The maximum Gasteiger partial charge on any atom is 0.277 e. The number of benzene rings is 1. The Hall–Kier alpha value is -3.22. The molecular formula is C16H14N4O3. The molecule has 0 spiro atoms. The zero-order chi connectivity index (χ0) is 16.4. The summed E-state index contributed by atoms with van der Waals surface area (Å²) in [4.78, 5) is 43.5. The lowest BCUT2D eigenvalue weighted by Gasteiger charge is -2.25. The van der Waals surface area contributed by atoms with Crippen LogP contribution in [0.25, 0.3) is 17.3 Å². The van der Waals surface area contributed by atoms with Crippen LogP contribution in [0.15, 0.2) is 42.4 Å². The molecule has 1 fully saturated rings. The highest BCUT2D eigenvalue weighted by molar-refractivity contribution is 6.12. The first-order chi connectivity index (χ1) is 11.1. The number of aromatic amines is 1. The van der Waals surface area contributed by atoms with Crippen LogP contribution in [-0.4, -0.2) is 39.1 Å². The second-order valence-corrected chi connectivity index (χ2v) is 5.05. The lowest BCUT2D eigenvalue weighted by molar-refractivity contribution is -0.147. The molecule has 0 bridgehead atoms. The van der Waals surface area contributed by atoms with Crippen LogP contribution in [0, 0.1) is 0 Å². The zero-order valence-corrected chi connectivity index (χ0v) is 12.4. The Morgan fingerprint density at radius 3 is 2.70 bits per heavy atom. The van der Waals surface area contributed by atoms with Gasteiger partial charge in [-0.3, -0.25) is 19.3 Å². The van der Waals surface area contributed by atoms with Crippen molar-refractivity contribution < 1.29 is 14.4 Å². The average molecular weight is 310 g/mol. The number of hydrogen-bond donors (Lipinski definition) is 2. The summed E-state index contributed by atoms with van der Waals surface area (Å²) >= 11 is 0. The Balaban J connectivity index is 1.99. The molecule has 1 saturated heterocycles. The number of amides is 3. The Kier molecular flexibility index (Phi) is 3.76. The number of aromatic nitrogens is 2. The summed E-state index contributed by atoms with van der Waals surface area (Å²) in [6.45, 7) is 0.986. The van der Waals surface area contributed by atoms with Gasteiger partial charge in [0, 0.05) is 12.5 Å². The summed E-state index contributed by atoms with van der Waals surface area (Å²) in [5.41, 5.74) is 2.14. The second kappa shape index (κ2) is 5.88. The van der Waals surface area contributed by atoms with Gasteiger partial charge in [0.15, 0.2) is 0 Å². The lowest BCUT2D eigenvalue weighted by Crippen LogP contribution is -2.51. The van der Waals surface area contributed by atoms with Crippen molar-refractivity contribution in [3.8, 4) is 11.3 Å². The van der Waals surface area contributed by atoms with E-state index in [4.69, 9.17) is 0 Å². The summed E-state index contributed by atoms with van der Waals surface area (Å²) in [6.07, 6.45) is 3.00. The summed E-state index contributed by atoms with van der Waals surface area (Å²) in [5, 5.41) is 2.50. The van der Waals surface area contributed by atoms with Crippen LogP contribution in [0.1, 0.15) is 12.6 Å². The maximum absolute atomic E-state index is 12.3.